The molecule has 8 heteroatoms. The van der Waals surface area contributed by atoms with Crippen LogP contribution in [0.25, 0.3) is 0 Å². The van der Waals surface area contributed by atoms with Crippen LogP contribution in [0.3, 0.4) is 0 Å². The number of carbonyl (C=O) groups is 2. The van der Waals surface area contributed by atoms with E-state index in [0.717, 1.165) is 23.3 Å². The Morgan fingerprint density at radius 2 is 1.77 bits per heavy atom. The first-order chi connectivity index (χ1) is 12.2. The van der Waals surface area contributed by atoms with Crippen LogP contribution in [0, 0.1) is 6.92 Å². The Labute approximate surface area is 153 Å². The van der Waals surface area contributed by atoms with Crippen LogP contribution in [-0.4, -0.2) is 18.4 Å². The zero-order chi connectivity index (χ0) is 19.3. The molecule has 0 aliphatic carbocycles. The summed E-state index contributed by atoms with van der Waals surface area (Å²) < 4.78 is 38.4. The Kier molecular flexibility index (Phi) is 6.26. The van der Waals surface area contributed by atoms with Gasteiger partial charge < -0.3 is 10.6 Å². The molecule has 0 radical (unpaired) electrons. The fraction of sp³-hybridized carbons (Fsp3) is 0.222. The number of halogens is 4. The zero-order valence-corrected chi connectivity index (χ0v) is 14.5. The predicted molar refractivity (Wildman–Crippen MR) is 93.0 cm³/mol. The maximum Gasteiger partial charge on any atom is 0.417 e. The number of aryl methyl sites for hydroxylation is 1. The molecule has 0 saturated carbocycles. The lowest BCUT2D eigenvalue weighted by molar-refractivity contribution is -0.137. The summed E-state index contributed by atoms with van der Waals surface area (Å²) in [5.41, 5.74) is 0.686. The lowest BCUT2D eigenvalue weighted by Gasteiger charge is -2.12. The third-order valence-corrected chi connectivity index (χ3v) is 3.94. The molecule has 0 spiro atoms. The minimum Gasteiger partial charge on any atom is -0.347 e. The molecule has 0 fully saturated rings. The Morgan fingerprint density at radius 3 is 2.42 bits per heavy atom. The van der Waals surface area contributed by atoms with Gasteiger partial charge in [-0.2, -0.15) is 13.2 Å². The standard InChI is InChI=1S/C18H16ClF3N2O2/c1-11-4-2-3-5-12(11)8-16(25)23-10-17(26)24-13-6-7-15(19)14(9-13)18(20,21)22/h2-7,9H,8,10H2,1H3,(H,23,25)(H,24,26). The first kappa shape index (κ1) is 19.8. The Hall–Kier alpha value is -2.54. The molecular formula is C18H16ClF3N2O2. The molecule has 2 aromatic rings. The summed E-state index contributed by atoms with van der Waals surface area (Å²) in [6.07, 6.45) is -4.52. The summed E-state index contributed by atoms with van der Waals surface area (Å²) in [7, 11) is 0. The largest absolute Gasteiger partial charge is 0.417 e. The summed E-state index contributed by atoms with van der Waals surface area (Å²) in [6, 6.07) is 10.4. The molecule has 138 valence electrons. The summed E-state index contributed by atoms with van der Waals surface area (Å²) in [5, 5.41) is 4.28. The second-order valence-corrected chi connectivity index (χ2v) is 6.03. The van der Waals surface area contributed by atoms with E-state index >= 15 is 0 Å². The lowest BCUT2D eigenvalue weighted by Crippen LogP contribution is -2.33. The predicted octanol–water partition coefficient (Wildman–Crippen LogP) is 3.96. The van der Waals surface area contributed by atoms with Crippen LogP contribution in [0.1, 0.15) is 16.7 Å². The molecule has 0 aromatic heterocycles. The molecule has 0 heterocycles. The molecule has 0 aliphatic rings. The van der Waals surface area contributed by atoms with Gasteiger partial charge in [-0.3, -0.25) is 9.59 Å². The molecule has 2 amide bonds. The summed E-state index contributed by atoms with van der Waals surface area (Å²) >= 11 is 5.52. The minimum absolute atomic E-state index is 0.0557. The fourth-order valence-electron chi connectivity index (χ4n) is 2.25. The van der Waals surface area contributed by atoms with Gasteiger partial charge in [0, 0.05) is 5.69 Å². The van der Waals surface area contributed by atoms with E-state index in [4.69, 9.17) is 11.6 Å². The number of anilines is 1. The Balaban J connectivity index is 1.91. The zero-order valence-electron chi connectivity index (χ0n) is 13.8. The van der Waals surface area contributed by atoms with Gasteiger partial charge in [-0.25, -0.2) is 0 Å². The van der Waals surface area contributed by atoms with Crippen molar-refractivity contribution in [3.63, 3.8) is 0 Å². The van der Waals surface area contributed by atoms with Crippen molar-refractivity contribution < 1.29 is 22.8 Å². The van der Waals surface area contributed by atoms with Gasteiger partial charge in [-0.1, -0.05) is 35.9 Å². The molecule has 2 N–H and O–H groups in total. The van der Waals surface area contributed by atoms with Crippen LogP contribution in [0.2, 0.25) is 5.02 Å². The van der Waals surface area contributed by atoms with Gasteiger partial charge in [0.1, 0.15) is 0 Å². The maximum atomic E-state index is 12.8. The van der Waals surface area contributed by atoms with Crippen LogP contribution >= 0.6 is 11.6 Å². The highest BCUT2D eigenvalue weighted by Crippen LogP contribution is 2.36. The molecule has 0 bridgehead atoms. The van der Waals surface area contributed by atoms with Crippen LogP contribution in [0.4, 0.5) is 18.9 Å². The quantitative estimate of drug-likeness (QED) is 0.819. The highest BCUT2D eigenvalue weighted by molar-refractivity contribution is 6.31. The number of carbonyl (C=O) groups excluding carboxylic acids is 2. The molecule has 2 rings (SSSR count). The second kappa shape index (κ2) is 8.23. The number of rotatable bonds is 5. The van der Waals surface area contributed by atoms with Gasteiger partial charge in [-0.15, -0.1) is 0 Å². The Morgan fingerprint density at radius 1 is 1.08 bits per heavy atom. The van der Waals surface area contributed by atoms with Gasteiger partial charge in [-0.05, 0) is 36.2 Å². The van der Waals surface area contributed by atoms with Crippen molar-refractivity contribution in [3.8, 4) is 0 Å². The summed E-state index contributed by atoms with van der Waals surface area (Å²) in [5.74, 6) is -1.000. The fourth-order valence-corrected chi connectivity index (χ4v) is 2.47. The SMILES string of the molecule is Cc1ccccc1CC(=O)NCC(=O)Nc1ccc(Cl)c(C(F)(F)F)c1. The van der Waals surface area contributed by atoms with E-state index in [1.807, 2.05) is 19.1 Å². The smallest absolute Gasteiger partial charge is 0.347 e. The average Bonchev–Trinajstić information content (AvgIpc) is 2.56. The van der Waals surface area contributed by atoms with Crippen LogP contribution in [0.5, 0.6) is 0 Å². The van der Waals surface area contributed by atoms with E-state index in [0.29, 0.717) is 0 Å². The molecule has 0 aliphatic heterocycles. The van der Waals surface area contributed by atoms with Crippen molar-refractivity contribution in [1.29, 1.82) is 0 Å². The summed E-state index contributed by atoms with van der Waals surface area (Å²) in [4.78, 5) is 23.7. The molecule has 0 unspecified atom stereocenters. The number of hydrogen-bond donors (Lipinski definition) is 2. The van der Waals surface area contributed by atoms with Crippen molar-refractivity contribution in [1.82, 2.24) is 5.32 Å². The number of nitrogens with one attached hydrogen (secondary N) is 2. The van der Waals surface area contributed by atoms with E-state index in [2.05, 4.69) is 10.6 Å². The third-order valence-electron chi connectivity index (χ3n) is 3.61. The van der Waals surface area contributed by atoms with Crippen molar-refractivity contribution in [2.24, 2.45) is 0 Å². The highest BCUT2D eigenvalue weighted by Gasteiger charge is 2.33. The van der Waals surface area contributed by atoms with Gasteiger partial charge in [0.25, 0.3) is 0 Å². The van der Waals surface area contributed by atoms with E-state index in [-0.39, 0.29) is 24.6 Å². The van der Waals surface area contributed by atoms with Crippen molar-refractivity contribution in [2.75, 3.05) is 11.9 Å². The first-order valence-electron chi connectivity index (χ1n) is 7.64. The van der Waals surface area contributed by atoms with Crippen molar-refractivity contribution in [3.05, 3.63) is 64.2 Å². The average molecular weight is 385 g/mol. The monoisotopic (exact) mass is 384 g/mol. The highest BCUT2D eigenvalue weighted by atomic mass is 35.5. The van der Waals surface area contributed by atoms with Gasteiger partial charge in [0.2, 0.25) is 11.8 Å². The minimum atomic E-state index is -4.63. The number of benzene rings is 2. The topological polar surface area (TPSA) is 58.2 Å². The van der Waals surface area contributed by atoms with Crippen molar-refractivity contribution >= 4 is 29.1 Å². The van der Waals surface area contributed by atoms with E-state index < -0.39 is 22.7 Å². The normalized spacial score (nSPS) is 11.1. The molecule has 26 heavy (non-hydrogen) atoms. The number of amides is 2. The van der Waals surface area contributed by atoms with Crippen LogP contribution in [0.15, 0.2) is 42.5 Å². The van der Waals surface area contributed by atoms with Crippen molar-refractivity contribution in [2.45, 2.75) is 19.5 Å². The third kappa shape index (κ3) is 5.49. The van der Waals surface area contributed by atoms with Crippen LogP contribution in [-0.2, 0) is 22.2 Å². The molecular weight excluding hydrogens is 369 g/mol. The summed E-state index contributed by atoms with van der Waals surface area (Å²) in [6.45, 7) is 1.52. The molecule has 0 atom stereocenters. The second-order valence-electron chi connectivity index (χ2n) is 5.62. The van der Waals surface area contributed by atoms with E-state index in [1.54, 1.807) is 12.1 Å². The van der Waals surface area contributed by atoms with E-state index in [9.17, 15) is 22.8 Å². The maximum absolute atomic E-state index is 12.8. The number of alkyl halides is 3. The number of hydrogen-bond acceptors (Lipinski definition) is 2. The van der Waals surface area contributed by atoms with E-state index in [1.165, 1.54) is 6.07 Å². The van der Waals surface area contributed by atoms with Gasteiger partial charge in [0.05, 0.1) is 23.6 Å². The van der Waals surface area contributed by atoms with Crippen LogP contribution < -0.4 is 10.6 Å². The Bertz CT molecular complexity index is 822. The van der Waals surface area contributed by atoms with Gasteiger partial charge >= 0.3 is 6.18 Å². The lowest BCUT2D eigenvalue weighted by atomic mass is 10.1. The molecule has 0 saturated heterocycles. The molecule has 4 nitrogen and oxygen atoms in total. The molecule has 2 aromatic carbocycles. The first-order valence-corrected chi connectivity index (χ1v) is 8.02. The van der Waals surface area contributed by atoms with Gasteiger partial charge in [0.15, 0.2) is 0 Å².